The molecule has 16 rings (SSSR count). The second-order valence-electron chi connectivity index (χ2n) is 19.4. The monoisotopic (exact) mass is 928 g/mol. The quantitative estimate of drug-likeness (QED) is 0.167. The fraction of sp³-hybridized carbons (Fsp3) is 0.0147. The van der Waals surface area contributed by atoms with E-state index in [0.717, 1.165) is 77.1 Å². The maximum Gasteiger partial charge on any atom is 0.164 e. The van der Waals surface area contributed by atoms with E-state index >= 15 is 0 Å². The van der Waals surface area contributed by atoms with Crippen LogP contribution in [-0.2, 0) is 5.41 Å². The van der Waals surface area contributed by atoms with Crippen molar-refractivity contribution in [1.29, 1.82) is 0 Å². The number of nitrogens with zero attached hydrogens (tertiary/aromatic N) is 4. The summed E-state index contributed by atoms with van der Waals surface area (Å²) in [6, 6.07) is 87.5. The predicted molar refractivity (Wildman–Crippen MR) is 298 cm³/mol. The molecule has 1 aliphatic carbocycles. The minimum atomic E-state index is -0.517. The van der Waals surface area contributed by atoms with Crippen LogP contribution in [0.5, 0.6) is 0 Å². The topological polar surface area (TPSA) is 56.2 Å². The van der Waals surface area contributed by atoms with E-state index in [9.17, 15) is 0 Å². The molecule has 0 bridgehead atoms. The molecule has 4 heterocycles. The van der Waals surface area contributed by atoms with Crippen LogP contribution in [0.3, 0.4) is 0 Å². The Bertz CT molecular complexity index is 4680. The number of fused-ring (bicyclic) bond motifs is 10. The van der Waals surface area contributed by atoms with Crippen LogP contribution >= 0.6 is 0 Å². The molecule has 0 saturated carbocycles. The highest BCUT2D eigenvalue weighted by molar-refractivity contribution is 6.31. The normalized spacial score (nSPS) is 13.0. The summed E-state index contributed by atoms with van der Waals surface area (Å²) in [6.07, 6.45) is 0. The fourth-order valence-corrected chi connectivity index (χ4v) is 12.4. The molecule has 0 amide bonds. The highest BCUT2D eigenvalue weighted by Crippen LogP contribution is 2.56. The fourth-order valence-electron chi connectivity index (χ4n) is 12.4. The highest BCUT2D eigenvalue weighted by atomic mass is 16.3. The summed E-state index contributed by atoms with van der Waals surface area (Å²) in [6.45, 7) is 0. The van der Waals surface area contributed by atoms with E-state index in [2.05, 4.69) is 247 Å². The molecule has 0 saturated heterocycles. The Morgan fingerprint density at radius 1 is 0.329 bits per heavy atom. The zero-order chi connectivity index (χ0) is 47.8. The minimum absolute atomic E-state index is 0.517. The molecule has 11 aromatic carbocycles. The first kappa shape index (κ1) is 40.1. The first-order valence-corrected chi connectivity index (χ1v) is 24.9. The predicted octanol–water partition coefficient (Wildman–Crippen LogP) is 17.1. The van der Waals surface area contributed by atoms with Crippen LogP contribution in [0.4, 0.5) is 0 Å². The van der Waals surface area contributed by atoms with E-state index in [-0.39, 0.29) is 0 Å². The lowest BCUT2D eigenvalue weighted by Crippen LogP contribution is -2.28. The van der Waals surface area contributed by atoms with E-state index in [1.54, 1.807) is 0 Å². The largest absolute Gasteiger partial charge is 0.456 e. The van der Waals surface area contributed by atoms with Gasteiger partial charge in [0.05, 0.1) is 27.4 Å². The molecule has 15 aromatic rings. The first-order valence-electron chi connectivity index (χ1n) is 24.9. The van der Waals surface area contributed by atoms with Gasteiger partial charge in [-0.15, -0.1) is 0 Å². The lowest BCUT2D eigenvalue weighted by atomic mass is 9.67. The Labute approximate surface area is 419 Å². The number of benzene rings is 11. The van der Waals surface area contributed by atoms with E-state index in [4.69, 9.17) is 19.4 Å². The van der Waals surface area contributed by atoms with Gasteiger partial charge in [0.15, 0.2) is 17.5 Å². The molecule has 0 unspecified atom stereocenters. The second-order valence-corrected chi connectivity index (χ2v) is 19.4. The molecule has 4 aromatic heterocycles. The molecule has 0 N–H and O–H groups in total. The Kier molecular flexibility index (Phi) is 8.31. The van der Waals surface area contributed by atoms with Crippen LogP contribution in [0.2, 0.25) is 0 Å². The third kappa shape index (κ3) is 5.70. The zero-order valence-corrected chi connectivity index (χ0v) is 39.3. The summed E-state index contributed by atoms with van der Waals surface area (Å²) < 4.78 is 8.99. The molecule has 1 aliphatic rings. The molecule has 0 radical (unpaired) electrons. The van der Waals surface area contributed by atoms with E-state index < -0.39 is 5.41 Å². The van der Waals surface area contributed by atoms with Crippen molar-refractivity contribution in [3.05, 3.63) is 265 Å². The van der Waals surface area contributed by atoms with E-state index in [1.165, 1.54) is 54.9 Å². The lowest BCUT2D eigenvalue weighted by Gasteiger charge is -2.33. The molecule has 5 heteroatoms. The van der Waals surface area contributed by atoms with Crippen molar-refractivity contribution in [3.63, 3.8) is 0 Å². The zero-order valence-electron chi connectivity index (χ0n) is 39.3. The molecular formula is C68H40N4O. The third-order valence-electron chi connectivity index (χ3n) is 15.7. The Hall–Kier alpha value is -9.71. The van der Waals surface area contributed by atoms with E-state index in [0.29, 0.717) is 17.5 Å². The Morgan fingerprint density at radius 3 is 1.71 bits per heavy atom. The second kappa shape index (κ2) is 15.1. The summed E-state index contributed by atoms with van der Waals surface area (Å²) in [4.78, 5) is 16.2. The summed E-state index contributed by atoms with van der Waals surface area (Å²) in [5.41, 5.74) is 16.9. The number of furan rings is 1. The summed E-state index contributed by atoms with van der Waals surface area (Å²) in [7, 11) is 0. The maximum atomic E-state index is 6.56. The van der Waals surface area contributed by atoms with Crippen LogP contribution in [0.1, 0.15) is 22.3 Å². The molecule has 73 heavy (non-hydrogen) atoms. The van der Waals surface area contributed by atoms with Crippen LogP contribution < -0.4 is 0 Å². The maximum absolute atomic E-state index is 6.56. The van der Waals surface area contributed by atoms with Crippen molar-refractivity contribution >= 4 is 70.8 Å². The van der Waals surface area contributed by atoms with Crippen molar-refractivity contribution < 1.29 is 4.42 Å². The lowest BCUT2D eigenvalue weighted by molar-refractivity contribution is 0.669. The number of rotatable bonds is 6. The van der Waals surface area contributed by atoms with Crippen molar-refractivity contribution in [2.75, 3.05) is 0 Å². The minimum Gasteiger partial charge on any atom is -0.456 e. The van der Waals surface area contributed by atoms with Crippen molar-refractivity contribution in [2.24, 2.45) is 0 Å². The van der Waals surface area contributed by atoms with Gasteiger partial charge in [0.2, 0.25) is 0 Å². The molecular weight excluding hydrogens is 889 g/mol. The molecule has 0 atom stereocenters. The van der Waals surface area contributed by atoms with Crippen LogP contribution in [0, 0.1) is 0 Å². The summed E-state index contributed by atoms with van der Waals surface area (Å²) >= 11 is 0. The van der Waals surface area contributed by atoms with Gasteiger partial charge in [0.25, 0.3) is 0 Å². The summed E-state index contributed by atoms with van der Waals surface area (Å²) in [5.74, 6) is 1.81. The van der Waals surface area contributed by atoms with Gasteiger partial charge in [-0.2, -0.15) is 0 Å². The van der Waals surface area contributed by atoms with Gasteiger partial charge in [-0.3, -0.25) is 0 Å². The standard InChI is InChI=1S/C68H40N4O/c1-3-16-48(17-4-1)68(49-18-5-2-6-19-49)56-23-11-9-20-50(56)55-39-46(33-36-57(55)68)66-69-65(43-29-26-42(27-30-43)45-31-28-41-14-7-8-15-44(41)38-45)70-67(71-66)47-32-34-52-53-22-13-25-60-62(53)63-61(73-60)37-35-54-51-21-10-12-24-58(51)72(64(54)63)59(52)40-47/h1-40H. The molecule has 0 spiro atoms. The van der Waals surface area contributed by atoms with Crippen LogP contribution in [0.15, 0.2) is 247 Å². The van der Waals surface area contributed by atoms with Gasteiger partial charge in [-0.1, -0.05) is 200 Å². The third-order valence-corrected chi connectivity index (χ3v) is 15.7. The van der Waals surface area contributed by atoms with Crippen LogP contribution in [0.25, 0.3) is 127 Å². The molecule has 338 valence electrons. The smallest absolute Gasteiger partial charge is 0.164 e. The van der Waals surface area contributed by atoms with Crippen molar-refractivity contribution in [1.82, 2.24) is 19.4 Å². The van der Waals surface area contributed by atoms with Gasteiger partial charge in [-0.05, 0) is 103 Å². The van der Waals surface area contributed by atoms with Crippen molar-refractivity contribution in [2.45, 2.75) is 5.41 Å². The van der Waals surface area contributed by atoms with Gasteiger partial charge in [-0.25, -0.2) is 15.0 Å². The van der Waals surface area contributed by atoms with Crippen molar-refractivity contribution in [3.8, 4) is 56.4 Å². The van der Waals surface area contributed by atoms with Crippen LogP contribution in [-0.4, -0.2) is 19.4 Å². The van der Waals surface area contributed by atoms with Gasteiger partial charge in [0, 0.05) is 38.2 Å². The molecule has 0 fully saturated rings. The number of aromatic nitrogens is 4. The summed E-state index contributed by atoms with van der Waals surface area (Å²) in [5, 5.41) is 9.36. The average Bonchev–Trinajstić information content (AvgIpc) is 4.09. The highest BCUT2D eigenvalue weighted by Gasteiger charge is 2.46. The number of para-hydroxylation sites is 1. The van der Waals surface area contributed by atoms with Gasteiger partial charge in [0.1, 0.15) is 11.2 Å². The average molecular weight is 929 g/mol. The molecule has 5 nitrogen and oxygen atoms in total. The first-order chi connectivity index (χ1) is 36.2. The number of hydrogen-bond donors (Lipinski definition) is 0. The Balaban J connectivity index is 0.932. The Morgan fingerprint density at radius 2 is 0.904 bits per heavy atom. The van der Waals surface area contributed by atoms with Gasteiger partial charge < -0.3 is 8.82 Å². The van der Waals surface area contributed by atoms with E-state index in [1.807, 2.05) is 0 Å². The van der Waals surface area contributed by atoms with Gasteiger partial charge >= 0.3 is 0 Å². The molecule has 0 aliphatic heterocycles. The SMILES string of the molecule is c1ccc(C2(c3ccccc3)c3ccccc3-c3cc(-c4nc(-c5ccc(-c6ccc7ccccc7c6)cc5)nc(-c5ccc6c7cccc8oc9ccc%10c%11ccccc%11n(c6c5)c%10c9c87)n4)ccc32)cc1. The number of hydrogen-bond acceptors (Lipinski definition) is 4.